The zero-order valence-corrected chi connectivity index (χ0v) is 13.7. The van der Waals surface area contributed by atoms with Crippen LogP contribution in [-0.4, -0.2) is 35.0 Å². The molecule has 0 saturated carbocycles. The minimum Gasteiger partial charge on any atom is -0.395 e. The first-order valence-corrected chi connectivity index (χ1v) is 8.15. The monoisotopic (exact) mass is 342 g/mol. The second-order valence-corrected chi connectivity index (χ2v) is 5.97. The Balaban J connectivity index is 1.88. The largest absolute Gasteiger partial charge is 0.395 e. The Labute approximate surface area is 145 Å². The number of anilines is 1. The summed E-state index contributed by atoms with van der Waals surface area (Å²) in [6.07, 6.45) is 0.789. The first-order chi connectivity index (χ1) is 12.1. The van der Waals surface area contributed by atoms with Crippen LogP contribution >= 0.6 is 0 Å². The van der Waals surface area contributed by atoms with Crippen LogP contribution in [0.1, 0.15) is 27.9 Å². The van der Waals surface area contributed by atoms with E-state index in [-0.39, 0.29) is 31.2 Å². The quantitative estimate of drug-likeness (QED) is 0.876. The number of nitrogens with one attached hydrogen (secondary N) is 1. The maximum absolute atomic E-state index is 14.4. The highest BCUT2D eigenvalue weighted by atomic mass is 19.1. The molecule has 5 nitrogen and oxygen atoms in total. The molecule has 0 fully saturated rings. The lowest BCUT2D eigenvalue weighted by atomic mass is 9.99. The van der Waals surface area contributed by atoms with Gasteiger partial charge < -0.3 is 15.3 Å². The number of rotatable bonds is 5. The van der Waals surface area contributed by atoms with Crippen LogP contribution in [0.15, 0.2) is 42.5 Å². The van der Waals surface area contributed by atoms with Gasteiger partial charge in [0.05, 0.1) is 12.2 Å². The smallest absolute Gasteiger partial charge is 0.257 e. The Morgan fingerprint density at radius 2 is 1.96 bits per heavy atom. The van der Waals surface area contributed by atoms with Crippen molar-refractivity contribution >= 4 is 17.5 Å². The van der Waals surface area contributed by atoms with E-state index in [0.29, 0.717) is 18.5 Å². The lowest BCUT2D eigenvalue weighted by Gasteiger charge is -2.24. The molecule has 0 unspecified atom stereocenters. The predicted octanol–water partition coefficient (Wildman–Crippen LogP) is 2.35. The van der Waals surface area contributed by atoms with Crippen molar-refractivity contribution in [3.63, 3.8) is 0 Å². The van der Waals surface area contributed by atoms with E-state index < -0.39 is 11.7 Å². The number of fused-ring (bicyclic) bond motifs is 1. The Morgan fingerprint density at radius 3 is 2.68 bits per heavy atom. The molecule has 2 amide bonds. The molecular formula is C19H19FN2O3. The van der Waals surface area contributed by atoms with Gasteiger partial charge in [-0.25, -0.2) is 4.39 Å². The van der Waals surface area contributed by atoms with E-state index in [4.69, 9.17) is 0 Å². The van der Waals surface area contributed by atoms with Gasteiger partial charge in [0, 0.05) is 25.2 Å². The minimum absolute atomic E-state index is 0.0423. The van der Waals surface area contributed by atoms with Crippen LogP contribution in [0, 0.1) is 5.82 Å². The van der Waals surface area contributed by atoms with Gasteiger partial charge in [-0.2, -0.15) is 0 Å². The highest BCUT2D eigenvalue weighted by molar-refractivity contribution is 5.98. The van der Waals surface area contributed by atoms with Gasteiger partial charge in [0.2, 0.25) is 5.91 Å². The summed E-state index contributed by atoms with van der Waals surface area (Å²) in [5.41, 5.74) is 2.02. The number of nitrogens with zero attached hydrogens (tertiary/aromatic N) is 1. The average Bonchev–Trinajstić information content (AvgIpc) is 2.61. The molecule has 25 heavy (non-hydrogen) atoms. The summed E-state index contributed by atoms with van der Waals surface area (Å²) < 4.78 is 14.4. The molecule has 1 heterocycles. The molecule has 0 spiro atoms. The molecule has 6 heteroatoms. The van der Waals surface area contributed by atoms with E-state index in [9.17, 15) is 19.1 Å². The number of amides is 2. The SMILES string of the molecule is O=C1CCc2cc(C(=O)N(CCO)Cc3ccccc3)c(F)cc2N1. The highest BCUT2D eigenvalue weighted by Crippen LogP contribution is 2.27. The van der Waals surface area contributed by atoms with Crippen molar-refractivity contribution in [1.82, 2.24) is 4.90 Å². The maximum atomic E-state index is 14.4. The Kier molecular flexibility index (Phi) is 5.09. The Morgan fingerprint density at radius 1 is 1.20 bits per heavy atom. The van der Waals surface area contributed by atoms with Crippen molar-refractivity contribution in [2.24, 2.45) is 0 Å². The Bertz CT molecular complexity index is 793. The third kappa shape index (κ3) is 3.85. The number of hydrogen-bond acceptors (Lipinski definition) is 3. The molecular weight excluding hydrogens is 323 g/mol. The molecule has 0 saturated heterocycles. The molecule has 0 aliphatic carbocycles. The summed E-state index contributed by atoms with van der Waals surface area (Å²) in [7, 11) is 0. The van der Waals surface area contributed by atoms with E-state index in [1.807, 2.05) is 30.3 Å². The van der Waals surface area contributed by atoms with Gasteiger partial charge in [-0.3, -0.25) is 9.59 Å². The predicted molar refractivity (Wildman–Crippen MR) is 91.6 cm³/mol. The van der Waals surface area contributed by atoms with E-state index >= 15 is 0 Å². The lowest BCUT2D eigenvalue weighted by molar-refractivity contribution is -0.116. The van der Waals surface area contributed by atoms with Gasteiger partial charge in [-0.05, 0) is 29.7 Å². The third-order valence-electron chi connectivity index (χ3n) is 4.19. The number of halogens is 1. The van der Waals surface area contributed by atoms with Gasteiger partial charge in [-0.15, -0.1) is 0 Å². The van der Waals surface area contributed by atoms with E-state index in [0.717, 1.165) is 11.1 Å². The number of hydrogen-bond donors (Lipinski definition) is 2. The first kappa shape index (κ1) is 17.1. The summed E-state index contributed by atoms with van der Waals surface area (Å²) in [6.45, 7) is 0.190. The second-order valence-electron chi connectivity index (χ2n) is 5.97. The summed E-state index contributed by atoms with van der Waals surface area (Å²) in [6, 6.07) is 12.0. The summed E-state index contributed by atoms with van der Waals surface area (Å²) in [5, 5.41) is 11.9. The molecule has 0 bridgehead atoms. The van der Waals surface area contributed by atoms with Gasteiger partial charge in [0.25, 0.3) is 5.91 Å². The minimum atomic E-state index is -0.679. The Hall–Kier alpha value is -2.73. The van der Waals surface area contributed by atoms with Crippen molar-refractivity contribution in [3.8, 4) is 0 Å². The van der Waals surface area contributed by atoms with Gasteiger partial charge in [0.15, 0.2) is 0 Å². The van der Waals surface area contributed by atoms with Crippen LogP contribution in [0.3, 0.4) is 0 Å². The zero-order chi connectivity index (χ0) is 17.8. The summed E-state index contributed by atoms with van der Waals surface area (Å²) in [4.78, 5) is 25.6. The van der Waals surface area contributed by atoms with E-state index in [2.05, 4.69) is 5.32 Å². The summed E-state index contributed by atoms with van der Waals surface area (Å²) in [5.74, 6) is -1.31. The standard InChI is InChI=1S/C19H19FN2O3/c20-16-11-17-14(6-7-18(24)21-17)10-15(16)19(25)22(8-9-23)12-13-4-2-1-3-5-13/h1-5,10-11,23H,6-9,12H2,(H,21,24). The molecule has 2 N–H and O–H groups in total. The van der Waals surface area contributed by atoms with Crippen LogP contribution in [0.5, 0.6) is 0 Å². The second kappa shape index (κ2) is 7.44. The number of carbonyl (C=O) groups excluding carboxylic acids is 2. The zero-order valence-electron chi connectivity index (χ0n) is 13.7. The molecule has 2 aromatic carbocycles. The fourth-order valence-electron chi connectivity index (χ4n) is 2.91. The number of aliphatic hydroxyl groups is 1. The molecule has 2 aromatic rings. The molecule has 1 aliphatic rings. The molecule has 0 radical (unpaired) electrons. The lowest BCUT2D eigenvalue weighted by Crippen LogP contribution is -2.34. The fraction of sp³-hybridized carbons (Fsp3) is 0.263. The highest BCUT2D eigenvalue weighted by Gasteiger charge is 2.23. The number of aliphatic hydroxyl groups excluding tert-OH is 1. The van der Waals surface area contributed by atoms with Crippen molar-refractivity contribution in [3.05, 3.63) is 65.0 Å². The molecule has 3 rings (SSSR count). The molecule has 0 aromatic heterocycles. The normalized spacial score (nSPS) is 13.1. The van der Waals surface area contributed by atoms with E-state index in [1.54, 1.807) is 0 Å². The van der Waals surface area contributed by atoms with Crippen LogP contribution in [0.4, 0.5) is 10.1 Å². The number of benzene rings is 2. The summed E-state index contributed by atoms with van der Waals surface area (Å²) >= 11 is 0. The third-order valence-corrected chi connectivity index (χ3v) is 4.19. The van der Waals surface area contributed by atoms with Gasteiger partial charge in [0.1, 0.15) is 5.82 Å². The maximum Gasteiger partial charge on any atom is 0.257 e. The average molecular weight is 342 g/mol. The van der Waals surface area contributed by atoms with Gasteiger partial charge >= 0.3 is 0 Å². The number of carbonyl (C=O) groups is 2. The molecule has 0 atom stereocenters. The molecule has 130 valence electrons. The topological polar surface area (TPSA) is 69.6 Å². The van der Waals surface area contributed by atoms with Crippen LogP contribution in [0.25, 0.3) is 0 Å². The fourth-order valence-corrected chi connectivity index (χ4v) is 2.91. The molecule has 1 aliphatic heterocycles. The van der Waals surface area contributed by atoms with Crippen molar-refractivity contribution < 1.29 is 19.1 Å². The van der Waals surface area contributed by atoms with E-state index in [1.165, 1.54) is 17.0 Å². The van der Waals surface area contributed by atoms with Crippen molar-refractivity contribution in [1.29, 1.82) is 0 Å². The van der Waals surface area contributed by atoms with Crippen molar-refractivity contribution in [2.75, 3.05) is 18.5 Å². The van der Waals surface area contributed by atoms with Crippen LogP contribution < -0.4 is 5.32 Å². The first-order valence-electron chi connectivity index (χ1n) is 8.15. The van der Waals surface area contributed by atoms with Crippen LogP contribution in [0.2, 0.25) is 0 Å². The van der Waals surface area contributed by atoms with Crippen LogP contribution in [-0.2, 0) is 17.8 Å². The number of aryl methyl sites for hydroxylation is 1. The van der Waals surface area contributed by atoms with Crippen molar-refractivity contribution in [2.45, 2.75) is 19.4 Å². The van der Waals surface area contributed by atoms with Gasteiger partial charge in [-0.1, -0.05) is 30.3 Å².